The first-order valence-corrected chi connectivity index (χ1v) is 11.3. The van der Waals surface area contributed by atoms with E-state index in [0.717, 1.165) is 44.1 Å². The molecule has 29 heavy (non-hydrogen) atoms. The van der Waals surface area contributed by atoms with E-state index in [1.165, 1.54) is 16.7 Å². The van der Waals surface area contributed by atoms with E-state index in [1.807, 2.05) is 0 Å². The molecular formula is C26H38O3. The zero-order valence-corrected chi connectivity index (χ0v) is 18.8. The Morgan fingerprint density at radius 3 is 2.62 bits per heavy atom. The van der Waals surface area contributed by atoms with Crippen molar-refractivity contribution in [2.24, 2.45) is 11.8 Å². The lowest BCUT2D eigenvalue weighted by atomic mass is 9.78. The van der Waals surface area contributed by atoms with E-state index >= 15 is 0 Å². The molecule has 2 bridgehead atoms. The second kappa shape index (κ2) is 8.35. The number of Topliss-reactive ketones (excluding diaryl/α,β-unsaturated/α-hetero) is 1. The predicted molar refractivity (Wildman–Crippen MR) is 119 cm³/mol. The van der Waals surface area contributed by atoms with E-state index in [1.54, 1.807) is 13.8 Å². The third-order valence-corrected chi connectivity index (χ3v) is 7.18. The molecule has 0 aliphatic heterocycles. The number of ketones is 1. The van der Waals surface area contributed by atoms with E-state index in [9.17, 15) is 15.0 Å². The normalized spacial score (nSPS) is 23.1. The van der Waals surface area contributed by atoms with Crippen LogP contribution in [0.25, 0.3) is 6.08 Å². The molecule has 3 heteroatoms. The van der Waals surface area contributed by atoms with Gasteiger partial charge in [-0.05, 0) is 98.5 Å². The monoisotopic (exact) mass is 398 g/mol. The van der Waals surface area contributed by atoms with Crippen LogP contribution in [0.15, 0.2) is 23.8 Å². The summed E-state index contributed by atoms with van der Waals surface area (Å²) in [6.45, 7) is 10.1. The number of fused-ring (bicyclic) bond motifs is 1. The van der Waals surface area contributed by atoms with E-state index in [4.69, 9.17) is 0 Å². The van der Waals surface area contributed by atoms with Gasteiger partial charge in [0.25, 0.3) is 0 Å². The third kappa shape index (κ3) is 5.00. The molecule has 2 aliphatic carbocycles. The summed E-state index contributed by atoms with van der Waals surface area (Å²) in [7, 11) is 0. The highest BCUT2D eigenvalue weighted by molar-refractivity contribution is 6.02. The minimum Gasteiger partial charge on any atom is -0.390 e. The minimum atomic E-state index is -1.06. The topological polar surface area (TPSA) is 57.5 Å². The van der Waals surface area contributed by atoms with Crippen molar-refractivity contribution < 1.29 is 15.0 Å². The van der Waals surface area contributed by atoms with Gasteiger partial charge in [0.05, 0.1) is 11.7 Å². The number of hydrogen-bond acceptors (Lipinski definition) is 3. The molecule has 1 aromatic rings. The van der Waals surface area contributed by atoms with Gasteiger partial charge in [-0.2, -0.15) is 0 Å². The maximum atomic E-state index is 13.3. The van der Waals surface area contributed by atoms with E-state index in [-0.39, 0.29) is 11.3 Å². The van der Waals surface area contributed by atoms with Gasteiger partial charge in [0, 0.05) is 5.92 Å². The smallest absolute Gasteiger partial charge is 0.162 e. The van der Waals surface area contributed by atoms with Gasteiger partial charge in [-0.15, -0.1) is 0 Å². The van der Waals surface area contributed by atoms with Crippen molar-refractivity contribution in [3.05, 3.63) is 40.5 Å². The van der Waals surface area contributed by atoms with Crippen LogP contribution in [0.5, 0.6) is 0 Å². The molecule has 0 heterocycles. The molecule has 2 unspecified atom stereocenters. The Hall–Kier alpha value is -1.45. The van der Waals surface area contributed by atoms with Crippen LogP contribution in [0.4, 0.5) is 0 Å². The number of benzene rings is 1. The maximum absolute atomic E-state index is 13.3. The molecular weight excluding hydrogens is 360 g/mol. The zero-order chi connectivity index (χ0) is 21.4. The number of aliphatic hydroxyl groups is 2. The van der Waals surface area contributed by atoms with Crippen LogP contribution in [0.2, 0.25) is 0 Å². The Balaban J connectivity index is 1.73. The molecule has 0 radical (unpaired) electrons. The predicted octanol–water partition coefficient (Wildman–Crippen LogP) is 5.21. The lowest BCUT2D eigenvalue weighted by Gasteiger charge is -2.27. The first kappa shape index (κ1) is 22.2. The molecule has 3 nitrogen and oxygen atoms in total. The molecule has 0 spiro atoms. The Bertz CT molecular complexity index is 782. The summed E-state index contributed by atoms with van der Waals surface area (Å²) in [5, 5.41) is 20.0. The SMILES string of the molecule is C[C@@H](CCC1=Cc2cccc3c2CC(CCC3(C)C)C1=O)CCC(O)C(C)(C)O. The van der Waals surface area contributed by atoms with Crippen LogP contribution in [0.3, 0.4) is 0 Å². The van der Waals surface area contributed by atoms with E-state index < -0.39 is 11.7 Å². The lowest BCUT2D eigenvalue weighted by Crippen LogP contribution is -2.35. The molecule has 0 fully saturated rings. The van der Waals surface area contributed by atoms with Crippen LogP contribution >= 0.6 is 0 Å². The van der Waals surface area contributed by atoms with Crippen molar-refractivity contribution >= 4 is 11.9 Å². The number of rotatable bonds is 7. The molecule has 2 aliphatic rings. The standard InChI is InChI=1S/C26H38O3/c1-17(10-12-23(27)26(4,5)29)9-11-19-15-18-7-6-8-22-21(18)16-20(24(19)28)13-14-25(22,2)3/h6-8,15,17,20,23,27,29H,9-14,16H2,1-5H3/t17-,20?,23?/m0/s1. The number of carbonyl (C=O) groups is 1. The fraction of sp³-hybridized carbons (Fsp3) is 0.654. The Morgan fingerprint density at radius 2 is 1.93 bits per heavy atom. The van der Waals surface area contributed by atoms with Gasteiger partial charge in [-0.3, -0.25) is 4.79 Å². The Morgan fingerprint density at radius 1 is 1.21 bits per heavy atom. The van der Waals surface area contributed by atoms with Gasteiger partial charge in [0.15, 0.2) is 5.78 Å². The number of allylic oxidation sites excluding steroid dienone is 1. The number of carbonyl (C=O) groups excluding carboxylic acids is 1. The second-order valence-electron chi connectivity index (χ2n) is 10.6. The Kier molecular flexibility index (Phi) is 6.41. The Labute approximate surface area is 176 Å². The highest BCUT2D eigenvalue weighted by atomic mass is 16.3. The summed E-state index contributed by atoms with van der Waals surface area (Å²) in [6, 6.07) is 6.56. The van der Waals surface area contributed by atoms with Crippen LogP contribution in [0, 0.1) is 11.8 Å². The van der Waals surface area contributed by atoms with Gasteiger partial charge in [-0.1, -0.05) is 39.0 Å². The van der Waals surface area contributed by atoms with Crippen molar-refractivity contribution in [3.8, 4) is 0 Å². The average Bonchev–Trinajstić information content (AvgIpc) is 2.87. The van der Waals surface area contributed by atoms with E-state index in [2.05, 4.69) is 45.0 Å². The second-order valence-corrected chi connectivity index (χ2v) is 10.6. The summed E-state index contributed by atoms with van der Waals surface area (Å²) in [5.41, 5.74) is 4.06. The van der Waals surface area contributed by atoms with Gasteiger partial charge in [0.1, 0.15) is 0 Å². The van der Waals surface area contributed by atoms with Gasteiger partial charge >= 0.3 is 0 Å². The van der Waals surface area contributed by atoms with Crippen molar-refractivity contribution in [1.82, 2.24) is 0 Å². The first-order valence-electron chi connectivity index (χ1n) is 11.3. The number of aliphatic hydroxyl groups excluding tert-OH is 1. The first-order chi connectivity index (χ1) is 13.5. The summed E-state index contributed by atoms with van der Waals surface area (Å²) >= 11 is 0. The van der Waals surface area contributed by atoms with Crippen molar-refractivity contribution in [3.63, 3.8) is 0 Å². The fourth-order valence-corrected chi connectivity index (χ4v) is 4.90. The molecule has 0 saturated carbocycles. The van der Waals surface area contributed by atoms with Crippen molar-refractivity contribution in [1.29, 1.82) is 0 Å². The van der Waals surface area contributed by atoms with Crippen LogP contribution < -0.4 is 0 Å². The summed E-state index contributed by atoms with van der Waals surface area (Å²) in [4.78, 5) is 13.3. The highest BCUT2D eigenvalue weighted by Crippen LogP contribution is 2.42. The molecule has 3 atom stereocenters. The molecule has 1 aromatic carbocycles. The summed E-state index contributed by atoms with van der Waals surface area (Å²) < 4.78 is 0. The van der Waals surface area contributed by atoms with Gasteiger partial charge in [-0.25, -0.2) is 0 Å². The molecule has 3 rings (SSSR count). The van der Waals surface area contributed by atoms with Gasteiger partial charge in [0.2, 0.25) is 0 Å². The van der Waals surface area contributed by atoms with Crippen molar-refractivity contribution in [2.45, 2.75) is 96.7 Å². The molecule has 2 N–H and O–H groups in total. The molecule has 160 valence electrons. The fourth-order valence-electron chi connectivity index (χ4n) is 4.90. The van der Waals surface area contributed by atoms with Crippen LogP contribution in [0.1, 0.15) is 89.8 Å². The number of hydrogen-bond donors (Lipinski definition) is 2. The molecule has 0 aromatic heterocycles. The van der Waals surface area contributed by atoms with Crippen molar-refractivity contribution in [2.75, 3.05) is 0 Å². The van der Waals surface area contributed by atoms with Gasteiger partial charge < -0.3 is 10.2 Å². The largest absolute Gasteiger partial charge is 0.390 e. The molecule has 0 saturated heterocycles. The third-order valence-electron chi connectivity index (χ3n) is 7.18. The highest BCUT2D eigenvalue weighted by Gasteiger charge is 2.35. The van der Waals surface area contributed by atoms with E-state index in [0.29, 0.717) is 18.1 Å². The zero-order valence-electron chi connectivity index (χ0n) is 18.8. The summed E-state index contributed by atoms with van der Waals surface area (Å²) in [6.07, 6.45) is 7.50. The van der Waals surface area contributed by atoms with Crippen LogP contribution in [-0.4, -0.2) is 27.7 Å². The molecule has 0 amide bonds. The lowest BCUT2D eigenvalue weighted by molar-refractivity contribution is -0.119. The van der Waals surface area contributed by atoms with Crippen LogP contribution in [-0.2, 0) is 16.6 Å². The maximum Gasteiger partial charge on any atom is 0.162 e. The average molecular weight is 399 g/mol. The quantitative estimate of drug-likeness (QED) is 0.663. The summed E-state index contributed by atoms with van der Waals surface area (Å²) in [5.74, 6) is 0.853. The minimum absolute atomic E-state index is 0.109.